The average molecular weight is 399 g/mol. The lowest BCUT2D eigenvalue weighted by Crippen LogP contribution is -2.06. The van der Waals surface area contributed by atoms with E-state index in [1.165, 1.54) is 6.20 Å². The normalized spacial score (nSPS) is 17.0. The predicted molar refractivity (Wildman–Crippen MR) is 84.5 cm³/mol. The van der Waals surface area contributed by atoms with Crippen LogP contribution >= 0.6 is 15.9 Å². The van der Waals surface area contributed by atoms with Gasteiger partial charge in [-0.15, -0.1) is 0 Å². The summed E-state index contributed by atoms with van der Waals surface area (Å²) < 4.78 is 31.7. The maximum Gasteiger partial charge on any atom is 0.199 e. The minimum atomic E-state index is -2.60. The van der Waals surface area contributed by atoms with E-state index in [1.54, 1.807) is 25.1 Å². The van der Waals surface area contributed by atoms with E-state index < -0.39 is 17.5 Å². The number of benzene rings is 1. The Labute approximate surface area is 143 Å². The van der Waals surface area contributed by atoms with Crippen LogP contribution in [0.2, 0.25) is 0 Å². The van der Waals surface area contributed by atoms with E-state index in [4.69, 9.17) is 8.71 Å². The minimum absolute atomic E-state index is 0.174. The molecule has 2 aromatic rings. The number of rotatable bonds is 6. The molecule has 1 saturated carbocycles. The van der Waals surface area contributed by atoms with Crippen LogP contribution in [-0.4, -0.2) is 19.7 Å². The van der Waals surface area contributed by atoms with E-state index in [1.807, 2.05) is 0 Å². The summed E-state index contributed by atoms with van der Waals surface area (Å²) >= 11 is 0.768. The Balaban J connectivity index is 1.86. The van der Waals surface area contributed by atoms with Gasteiger partial charge in [0.1, 0.15) is 0 Å². The molecule has 0 N–H and O–H groups in total. The summed E-state index contributed by atoms with van der Waals surface area (Å²) in [5, 5.41) is 3.74. The molecule has 2 atom stereocenters. The molecule has 0 aliphatic heterocycles. The summed E-state index contributed by atoms with van der Waals surface area (Å²) in [4.78, 5) is 12.7. The first-order chi connectivity index (χ1) is 11.0. The van der Waals surface area contributed by atoms with Crippen molar-refractivity contribution in [2.75, 3.05) is 0 Å². The van der Waals surface area contributed by atoms with Crippen LogP contribution in [0.4, 0.5) is 0 Å². The fourth-order valence-electron chi connectivity index (χ4n) is 2.35. The van der Waals surface area contributed by atoms with Gasteiger partial charge in [0.15, 0.2) is 11.5 Å². The second-order valence-electron chi connectivity index (χ2n) is 5.39. The minimum Gasteiger partial charge on any atom is -0.750 e. The third-order valence-electron chi connectivity index (χ3n) is 3.72. The Kier molecular flexibility index (Phi) is 4.77. The Morgan fingerprint density at radius 1 is 1.48 bits per heavy atom. The molecule has 1 aliphatic carbocycles. The van der Waals surface area contributed by atoms with Gasteiger partial charge in [0.2, 0.25) is 0 Å². The molecule has 1 fully saturated rings. The van der Waals surface area contributed by atoms with Crippen molar-refractivity contribution < 1.29 is 22.3 Å². The summed E-state index contributed by atoms with van der Waals surface area (Å²) in [6.07, 6.45) is 2.84. The van der Waals surface area contributed by atoms with Crippen molar-refractivity contribution in [1.82, 2.24) is 5.16 Å². The van der Waals surface area contributed by atoms with E-state index in [0.29, 0.717) is 26.9 Å². The van der Waals surface area contributed by atoms with Gasteiger partial charge in [0.25, 0.3) is 0 Å². The zero-order chi connectivity index (χ0) is 16.6. The molecule has 2 unspecified atom stereocenters. The highest BCUT2D eigenvalue weighted by molar-refractivity contribution is 9.10. The van der Waals surface area contributed by atoms with Crippen molar-refractivity contribution >= 4 is 33.1 Å². The Morgan fingerprint density at radius 2 is 2.22 bits per heavy atom. The number of hydrogen-bond donors (Lipinski definition) is 0. The fraction of sp³-hybridized carbons (Fsp3) is 0.333. The highest BCUT2D eigenvalue weighted by Crippen LogP contribution is 2.42. The predicted octanol–water partition coefficient (Wildman–Crippen LogP) is 3.42. The van der Waals surface area contributed by atoms with Crippen LogP contribution in [0.3, 0.4) is 0 Å². The lowest BCUT2D eigenvalue weighted by molar-refractivity contribution is 0.103. The molecule has 0 saturated heterocycles. The van der Waals surface area contributed by atoms with E-state index in [0.717, 1.165) is 12.8 Å². The molecular weight excluding hydrogens is 386 g/mol. The van der Waals surface area contributed by atoms with Crippen LogP contribution in [0.1, 0.15) is 59.0 Å². The summed E-state index contributed by atoms with van der Waals surface area (Å²) in [5.41, 5.74) is 1.59. The SMILES string of the molecule is CC(OS(=O)[O-])c1ccc(C(=O)c2cnoc2C2CC2)c(Br)c1. The highest BCUT2D eigenvalue weighted by atomic mass is 79.9. The van der Waals surface area contributed by atoms with Crippen molar-refractivity contribution in [1.29, 1.82) is 0 Å². The molecule has 0 bridgehead atoms. The number of nitrogens with zero attached hydrogens (tertiary/aromatic N) is 1. The van der Waals surface area contributed by atoms with Gasteiger partial charge in [-0.05, 0) is 37.5 Å². The van der Waals surface area contributed by atoms with Crippen molar-refractivity contribution in [3.05, 3.63) is 51.3 Å². The molecule has 23 heavy (non-hydrogen) atoms. The first-order valence-corrected chi connectivity index (χ1v) is 8.81. The van der Waals surface area contributed by atoms with Crippen LogP contribution in [0, 0.1) is 0 Å². The van der Waals surface area contributed by atoms with E-state index in [9.17, 15) is 13.6 Å². The molecule has 1 aromatic heterocycles. The van der Waals surface area contributed by atoms with Crippen molar-refractivity contribution in [3.63, 3.8) is 0 Å². The van der Waals surface area contributed by atoms with Gasteiger partial charge in [-0.3, -0.25) is 8.98 Å². The molecule has 0 radical (unpaired) electrons. The fourth-order valence-corrected chi connectivity index (χ4v) is 3.27. The highest BCUT2D eigenvalue weighted by Gasteiger charge is 2.33. The number of ketones is 1. The quantitative estimate of drug-likeness (QED) is 0.546. The van der Waals surface area contributed by atoms with Crippen LogP contribution in [0.25, 0.3) is 0 Å². The molecule has 6 nitrogen and oxygen atoms in total. The number of carbonyl (C=O) groups excluding carboxylic acids is 1. The van der Waals surface area contributed by atoms with Crippen molar-refractivity contribution in [2.45, 2.75) is 31.8 Å². The van der Waals surface area contributed by atoms with Gasteiger partial charge < -0.3 is 9.08 Å². The first kappa shape index (κ1) is 16.5. The van der Waals surface area contributed by atoms with Gasteiger partial charge in [0.05, 0.1) is 29.2 Å². The van der Waals surface area contributed by atoms with Crippen LogP contribution in [-0.2, 0) is 15.5 Å². The third-order valence-corrected chi connectivity index (χ3v) is 4.82. The lowest BCUT2D eigenvalue weighted by atomic mass is 10.0. The van der Waals surface area contributed by atoms with Crippen LogP contribution in [0.5, 0.6) is 0 Å². The van der Waals surface area contributed by atoms with Crippen LogP contribution < -0.4 is 0 Å². The average Bonchev–Trinajstić information content (AvgIpc) is 3.23. The Hall–Kier alpha value is -1.35. The standard InChI is InChI=1S/C15H14BrNO5S/c1-8(22-23(19)20)10-4-5-11(13(16)6-10)14(18)12-7-17-21-15(12)9-2-3-9/h4-9H,2-3H2,1H3,(H,19,20)/p-1. The van der Waals surface area contributed by atoms with E-state index in [-0.39, 0.29) is 11.7 Å². The molecule has 0 spiro atoms. The second kappa shape index (κ2) is 6.64. The molecule has 1 aliphatic rings. The molecule has 0 amide bonds. The lowest BCUT2D eigenvalue weighted by Gasteiger charge is -2.15. The molecule has 122 valence electrons. The van der Waals surface area contributed by atoms with Gasteiger partial charge in [-0.25, -0.2) is 4.21 Å². The number of halogens is 1. The topological polar surface area (TPSA) is 92.5 Å². The van der Waals surface area contributed by atoms with Gasteiger partial charge >= 0.3 is 0 Å². The van der Waals surface area contributed by atoms with Crippen LogP contribution in [0.15, 0.2) is 33.4 Å². The molecule has 3 rings (SSSR count). The molecule has 1 heterocycles. The summed E-state index contributed by atoms with van der Waals surface area (Å²) in [6.45, 7) is 1.62. The van der Waals surface area contributed by atoms with E-state index >= 15 is 0 Å². The number of carbonyl (C=O) groups is 1. The maximum absolute atomic E-state index is 12.7. The Bertz CT molecular complexity index is 771. The molecule has 1 aromatic carbocycles. The van der Waals surface area contributed by atoms with Gasteiger partial charge in [-0.2, -0.15) is 0 Å². The zero-order valence-corrected chi connectivity index (χ0v) is 14.6. The molecule has 8 heteroatoms. The molecular formula is C15H13BrNO5S-. The third kappa shape index (κ3) is 3.60. The summed E-state index contributed by atoms with van der Waals surface area (Å²) in [6, 6.07) is 4.98. The number of hydrogen-bond acceptors (Lipinski definition) is 6. The largest absolute Gasteiger partial charge is 0.750 e. The second-order valence-corrected chi connectivity index (χ2v) is 6.84. The first-order valence-electron chi connectivity index (χ1n) is 7.02. The summed E-state index contributed by atoms with van der Waals surface area (Å²) in [5.74, 6) is 0.756. The Morgan fingerprint density at radius 3 is 2.83 bits per heavy atom. The summed E-state index contributed by atoms with van der Waals surface area (Å²) in [7, 11) is 0. The van der Waals surface area contributed by atoms with Crippen molar-refractivity contribution in [3.8, 4) is 0 Å². The zero-order valence-electron chi connectivity index (χ0n) is 12.2. The maximum atomic E-state index is 12.7. The van der Waals surface area contributed by atoms with Crippen molar-refractivity contribution in [2.24, 2.45) is 0 Å². The monoisotopic (exact) mass is 398 g/mol. The van der Waals surface area contributed by atoms with Gasteiger partial charge in [-0.1, -0.05) is 27.2 Å². The van der Waals surface area contributed by atoms with Gasteiger partial charge in [0, 0.05) is 16.0 Å². The smallest absolute Gasteiger partial charge is 0.199 e. The number of aromatic nitrogens is 1. The van der Waals surface area contributed by atoms with E-state index in [2.05, 4.69) is 21.1 Å².